The molecule has 0 radical (unpaired) electrons. The first kappa shape index (κ1) is 14.0. The van der Waals surface area contributed by atoms with Crippen molar-refractivity contribution >= 4 is 15.9 Å². The predicted molar refractivity (Wildman–Crippen MR) is 72.0 cm³/mol. The van der Waals surface area contributed by atoms with Crippen LogP contribution in [-0.2, 0) is 14.8 Å². The van der Waals surface area contributed by atoms with Gasteiger partial charge in [-0.3, -0.25) is 4.79 Å². The number of hydrogen-bond acceptors (Lipinski definition) is 3. The van der Waals surface area contributed by atoms with Crippen LogP contribution < -0.4 is 10.0 Å². The van der Waals surface area contributed by atoms with Crippen LogP contribution in [0.15, 0.2) is 35.2 Å². The van der Waals surface area contributed by atoms with Crippen LogP contribution in [0.25, 0.3) is 0 Å². The zero-order valence-corrected chi connectivity index (χ0v) is 11.4. The van der Waals surface area contributed by atoms with Crippen molar-refractivity contribution < 1.29 is 13.2 Å². The summed E-state index contributed by atoms with van der Waals surface area (Å²) >= 11 is 0. The maximum Gasteiger partial charge on any atom is 0.240 e. The van der Waals surface area contributed by atoms with Gasteiger partial charge in [0.25, 0.3) is 0 Å². The van der Waals surface area contributed by atoms with E-state index in [1.807, 2.05) is 0 Å². The Hall–Kier alpha value is -1.40. The molecule has 0 aromatic heterocycles. The molecule has 0 atom stereocenters. The summed E-state index contributed by atoms with van der Waals surface area (Å²) in [6.07, 6.45) is 3.00. The molecule has 1 aliphatic carbocycles. The Bertz CT molecular complexity index is 524. The topological polar surface area (TPSA) is 75.3 Å². The summed E-state index contributed by atoms with van der Waals surface area (Å²) in [5.74, 6) is 0.163. The van der Waals surface area contributed by atoms with Crippen LogP contribution in [0.3, 0.4) is 0 Å². The number of sulfonamides is 1. The van der Waals surface area contributed by atoms with E-state index >= 15 is 0 Å². The normalized spacial score (nSPS) is 15.8. The minimum atomic E-state index is -3.47. The fourth-order valence-corrected chi connectivity index (χ4v) is 2.92. The molecule has 2 rings (SSSR count). The lowest BCUT2D eigenvalue weighted by molar-refractivity contribution is -0.127. The van der Waals surface area contributed by atoms with Crippen LogP contribution in [0.4, 0.5) is 0 Å². The third-order valence-electron chi connectivity index (χ3n) is 3.25. The highest BCUT2D eigenvalue weighted by Crippen LogP contribution is 2.25. The first-order valence-electron chi connectivity index (χ1n) is 6.42. The van der Waals surface area contributed by atoms with Crippen LogP contribution in [0.1, 0.15) is 19.3 Å². The molecule has 0 unspecified atom stereocenters. The second kappa shape index (κ2) is 6.16. The van der Waals surface area contributed by atoms with Crippen LogP contribution >= 0.6 is 0 Å². The van der Waals surface area contributed by atoms with E-state index in [9.17, 15) is 13.2 Å². The summed E-state index contributed by atoms with van der Waals surface area (Å²) in [6.45, 7) is 0.525. The van der Waals surface area contributed by atoms with E-state index in [4.69, 9.17) is 0 Å². The van der Waals surface area contributed by atoms with Gasteiger partial charge in [-0.2, -0.15) is 0 Å². The summed E-state index contributed by atoms with van der Waals surface area (Å²) in [4.78, 5) is 11.8. The number of carbonyl (C=O) groups is 1. The standard InChI is InChI=1S/C13H18N2O3S/c16-13(11-5-4-6-11)14-9-10-15-19(17,18)12-7-2-1-3-8-12/h1-3,7-8,11,15H,4-6,9-10H2,(H,14,16). The summed E-state index contributed by atoms with van der Waals surface area (Å²) in [6, 6.07) is 8.18. The molecular weight excluding hydrogens is 264 g/mol. The van der Waals surface area contributed by atoms with Gasteiger partial charge >= 0.3 is 0 Å². The fraction of sp³-hybridized carbons (Fsp3) is 0.462. The maximum absolute atomic E-state index is 11.9. The van der Waals surface area contributed by atoms with Gasteiger partial charge in [0.05, 0.1) is 4.90 Å². The highest BCUT2D eigenvalue weighted by Gasteiger charge is 2.24. The van der Waals surface area contributed by atoms with E-state index in [2.05, 4.69) is 10.0 Å². The Labute approximate surface area is 113 Å². The van der Waals surface area contributed by atoms with Crippen molar-refractivity contribution in [3.63, 3.8) is 0 Å². The zero-order chi connectivity index (χ0) is 13.7. The summed E-state index contributed by atoms with van der Waals surface area (Å²) in [5, 5.41) is 2.74. The molecule has 1 saturated carbocycles. The van der Waals surface area contributed by atoms with Crippen LogP contribution in [0.5, 0.6) is 0 Å². The molecule has 0 aliphatic heterocycles. The molecule has 1 amide bonds. The van der Waals surface area contributed by atoms with Gasteiger partial charge < -0.3 is 5.32 Å². The Balaban J connectivity index is 1.74. The molecule has 104 valence electrons. The molecule has 19 heavy (non-hydrogen) atoms. The van der Waals surface area contributed by atoms with Gasteiger partial charge in [0.1, 0.15) is 0 Å². The Kier molecular flexibility index (Phi) is 4.55. The number of rotatable bonds is 6. The third kappa shape index (κ3) is 3.78. The zero-order valence-electron chi connectivity index (χ0n) is 10.6. The molecule has 0 saturated heterocycles. The van der Waals surface area contributed by atoms with Crippen molar-refractivity contribution in [2.75, 3.05) is 13.1 Å². The monoisotopic (exact) mass is 282 g/mol. The molecule has 1 aliphatic rings. The van der Waals surface area contributed by atoms with Gasteiger partial charge in [-0.25, -0.2) is 13.1 Å². The first-order valence-corrected chi connectivity index (χ1v) is 7.90. The van der Waals surface area contributed by atoms with E-state index in [-0.39, 0.29) is 23.3 Å². The molecule has 5 nitrogen and oxygen atoms in total. The van der Waals surface area contributed by atoms with Gasteiger partial charge in [0.2, 0.25) is 15.9 Å². The van der Waals surface area contributed by atoms with E-state index in [1.54, 1.807) is 18.2 Å². The third-order valence-corrected chi connectivity index (χ3v) is 4.72. The largest absolute Gasteiger partial charge is 0.355 e. The van der Waals surface area contributed by atoms with Gasteiger partial charge in [-0.05, 0) is 25.0 Å². The predicted octanol–water partition coefficient (Wildman–Crippen LogP) is 0.881. The molecular formula is C13H18N2O3S. The van der Waals surface area contributed by atoms with E-state index in [0.717, 1.165) is 19.3 Å². The van der Waals surface area contributed by atoms with Gasteiger partial charge in [-0.15, -0.1) is 0 Å². The lowest BCUT2D eigenvalue weighted by Crippen LogP contribution is -2.39. The van der Waals surface area contributed by atoms with Crippen molar-refractivity contribution in [3.05, 3.63) is 30.3 Å². The highest BCUT2D eigenvalue weighted by molar-refractivity contribution is 7.89. The van der Waals surface area contributed by atoms with Crippen LogP contribution in [0.2, 0.25) is 0 Å². The van der Waals surface area contributed by atoms with Crippen LogP contribution in [0, 0.1) is 5.92 Å². The van der Waals surface area contributed by atoms with Crippen molar-refractivity contribution in [2.24, 2.45) is 5.92 Å². The number of nitrogens with one attached hydrogen (secondary N) is 2. The van der Waals surface area contributed by atoms with Crippen molar-refractivity contribution in [2.45, 2.75) is 24.2 Å². The Morgan fingerprint density at radius 3 is 2.42 bits per heavy atom. The van der Waals surface area contributed by atoms with E-state index < -0.39 is 10.0 Å². The first-order chi connectivity index (χ1) is 9.09. The minimum Gasteiger partial charge on any atom is -0.355 e. The molecule has 0 spiro atoms. The lowest BCUT2D eigenvalue weighted by Gasteiger charge is -2.24. The maximum atomic E-state index is 11.9. The highest BCUT2D eigenvalue weighted by atomic mass is 32.2. The van der Waals surface area contributed by atoms with Gasteiger partial charge in [-0.1, -0.05) is 24.6 Å². The number of carbonyl (C=O) groups excluding carboxylic acids is 1. The second-order valence-corrected chi connectivity index (χ2v) is 6.40. The summed E-state index contributed by atoms with van der Waals surface area (Å²) in [7, 11) is -3.47. The van der Waals surface area contributed by atoms with Gasteiger partial charge in [0.15, 0.2) is 0 Å². The second-order valence-electron chi connectivity index (χ2n) is 4.63. The fourth-order valence-electron chi connectivity index (χ4n) is 1.87. The molecule has 1 fully saturated rings. The van der Waals surface area contributed by atoms with Crippen LogP contribution in [-0.4, -0.2) is 27.4 Å². The van der Waals surface area contributed by atoms with Crippen molar-refractivity contribution in [3.8, 4) is 0 Å². The minimum absolute atomic E-state index is 0.0326. The molecule has 6 heteroatoms. The van der Waals surface area contributed by atoms with E-state index in [1.165, 1.54) is 12.1 Å². The Morgan fingerprint density at radius 2 is 1.84 bits per heavy atom. The van der Waals surface area contributed by atoms with Gasteiger partial charge in [0, 0.05) is 19.0 Å². The van der Waals surface area contributed by atoms with Crippen molar-refractivity contribution in [1.29, 1.82) is 0 Å². The average molecular weight is 282 g/mol. The van der Waals surface area contributed by atoms with E-state index in [0.29, 0.717) is 6.54 Å². The molecule has 1 aromatic carbocycles. The average Bonchev–Trinajstić information content (AvgIpc) is 2.34. The Morgan fingerprint density at radius 1 is 1.16 bits per heavy atom. The smallest absolute Gasteiger partial charge is 0.240 e. The number of hydrogen-bond donors (Lipinski definition) is 2. The molecule has 2 N–H and O–H groups in total. The van der Waals surface area contributed by atoms with Crippen molar-refractivity contribution in [1.82, 2.24) is 10.0 Å². The summed E-state index contributed by atoms with van der Waals surface area (Å²) < 4.78 is 26.2. The molecule has 0 bridgehead atoms. The summed E-state index contributed by atoms with van der Waals surface area (Å²) in [5.41, 5.74) is 0. The molecule has 1 aromatic rings. The molecule has 0 heterocycles. The lowest BCUT2D eigenvalue weighted by atomic mass is 9.85. The number of benzene rings is 1. The number of amides is 1. The quantitative estimate of drug-likeness (QED) is 0.761. The SMILES string of the molecule is O=C(NCCNS(=O)(=O)c1ccccc1)C1CCC1.